The number of hydrogen-bond acceptors (Lipinski definition) is 13. The standard InChI is InChI=1S/C48H55N11O6/c49-44-42-43(31-13-19-35(20-14-31)65-34-9-4-3-5-10-34)55-59(45(42)53-30-52-44)33-17-15-32(16-18-33)57-27-25-56(26-28-57)24-7-2-1-6-23-50-40(61)29-51-37-12-8-11-36-41(37)48(64)58(47(36)63)38-21-22-39(60)54-46(38)62/h3-5,8-14,19-20,30,32-33,38,51H,1-2,6-7,15-18,21-29H2,(H,50,61)(H2,49,52,53)(H,54,60,62)/t32-,33-,38?. The van der Waals surface area contributed by atoms with Crippen LogP contribution in [-0.4, -0.2) is 122 Å². The number of fused-ring (bicyclic) bond motifs is 2. The smallest absolute Gasteiger partial charge is 0.264 e. The molecule has 9 rings (SSSR count). The lowest BCUT2D eigenvalue weighted by atomic mass is 9.90. The number of nitrogen functional groups attached to an aromatic ring is 1. The number of carbonyl (C=O) groups is 5. The third-order valence-corrected chi connectivity index (χ3v) is 13.2. The van der Waals surface area contributed by atoms with Crippen LogP contribution in [0, 0.1) is 0 Å². The van der Waals surface area contributed by atoms with E-state index >= 15 is 0 Å². The molecule has 1 unspecified atom stereocenters. The largest absolute Gasteiger partial charge is 0.457 e. The van der Waals surface area contributed by atoms with Crippen LogP contribution in [-0.2, 0) is 14.4 Å². The van der Waals surface area contributed by atoms with Crippen molar-refractivity contribution in [1.29, 1.82) is 0 Å². The van der Waals surface area contributed by atoms with E-state index in [0.29, 0.717) is 24.1 Å². The third kappa shape index (κ3) is 9.56. The molecule has 0 spiro atoms. The number of nitrogens with one attached hydrogen (secondary N) is 3. The SMILES string of the molecule is Nc1ncnc2c1c(-c1ccc(Oc3ccccc3)cc1)nn2[C@H]1CC[C@H](N2CCN(CCCCCCNC(=O)CNc3cccc4c3C(=O)N(C3CCC(=O)NC3=O)C4=O)CC2)CC1. The van der Waals surface area contributed by atoms with Gasteiger partial charge in [0.1, 0.15) is 35.4 Å². The molecular weight excluding hydrogens is 827 g/mol. The predicted octanol–water partition coefficient (Wildman–Crippen LogP) is 5.16. The van der Waals surface area contributed by atoms with Gasteiger partial charge in [-0.1, -0.05) is 37.1 Å². The Labute approximate surface area is 377 Å². The van der Waals surface area contributed by atoms with E-state index in [1.165, 1.54) is 12.4 Å². The maximum Gasteiger partial charge on any atom is 0.264 e. The van der Waals surface area contributed by atoms with Crippen molar-refractivity contribution in [3.63, 3.8) is 0 Å². The highest BCUT2D eigenvalue weighted by Crippen LogP contribution is 2.38. The Balaban J connectivity index is 0.665. The Morgan fingerprint density at radius 2 is 1.52 bits per heavy atom. The Bertz CT molecular complexity index is 2550. The van der Waals surface area contributed by atoms with E-state index in [-0.39, 0.29) is 42.5 Å². The molecule has 65 heavy (non-hydrogen) atoms. The lowest BCUT2D eigenvalue weighted by molar-refractivity contribution is -0.136. The highest BCUT2D eigenvalue weighted by Gasteiger charge is 2.45. The lowest BCUT2D eigenvalue weighted by Gasteiger charge is -2.42. The molecule has 0 bridgehead atoms. The fourth-order valence-corrected chi connectivity index (χ4v) is 9.72. The monoisotopic (exact) mass is 881 g/mol. The number of aromatic nitrogens is 4. The van der Waals surface area contributed by atoms with Gasteiger partial charge in [-0.3, -0.25) is 39.1 Å². The summed E-state index contributed by atoms with van der Waals surface area (Å²) in [5, 5.41) is 14.1. The first-order chi connectivity index (χ1) is 31.7. The number of imide groups is 2. The summed E-state index contributed by atoms with van der Waals surface area (Å²) >= 11 is 0. The maximum atomic E-state index is 13.3. The van der Waals surface area contributed by atoms with E-state index in [1.54, 1.807) is 12.1 Å². The Morgan fingerprint density at radius 3 is 2.29 bits per heavy atom. The van der Waals surface area contributed by atoms with Gasteiger partial charge in [-0.05, 0) is 100 Å². The van der Waals surface area contributed by atoms with Crippen molar-refractivity contribution < 1.29 is 28.7 Å². The number of carbonyl (C=O) groups excluding carboxylic acids is 5. The van der Waals surface area contributed by atoms with Crippen LogP contribution in [0.1, 0.15) is 91.0 Å². The molecule has 1 aliphatic carbocycles. The number of nitrogens with zero attached hydrogens (tertiary/aromatic N) is 7. The summed E-state index contributed by atoms with van der Waals surface area (Å²) in [6, 6.07) is 22.2. The van der Waals surface area contributed by atoms with Crippen LogP contribution in [0.3, 0.4) is 0 Å². The molecule has 2 aromatic heterocycles. The zero-order chi connectivity index (χ0) is 44.9. The van der Waals surface area contributed by atoms with Crippen LogP contribution in [0.25, 0.3) is 22.3 Å². The number of ether oxygens (including phenoxy) is 1. The van der Waals surface area contributed by atoms with Gasteiger partial charge in [-0.25, -0.2) is 14.6 Å². The quantitative estimate of drug-likeness (QED) is 0.0747. The molecule has 1 atom stereocenters. The zero-order valence-corrected chi connectivity index (χ0v) is 36.4. The summed E-state index contributed by atoms with van der Waals surface area (Å²) < 4.78 is 8.10. The molecule has 5 heterocycles. The average Bonchev–Trinajstić information content (AvgIpc) is 3.84. The summed E-state index contributed by atoms with van der Waals surface area (Å²) in [7, 11) is 0. The summed E-state index contributed by atoms with van der Waals surface area (Å²) in [6.45, 7) is 5.84. The van der Waals surface area contributed by atoms with Gasteiger partial charge >= 0.3 is 0 Å². The number of rotatable bonds is 16. The number of nitrogens with two attached hydrogens (primary N) is 1. The van der Waals surface area contributed by atoms with E-state index in [9.17, 15) is 24.0 Å². The van der Waals surface area contributed by atoms with E-state index < -0.39 is 29.7 Å². The minimum atomic E-state index is -1.05. The van der Waals surface area contributed by atoms with Gasteiger partial charge < -0.3 is 26.0 Å². The van der Waals surface area contributed by atoms with Gasteiger partial charge in [-0.2, -0.15) is 5.10 Å². The highest BCUT2D eigenvalue weighted by molar-refractivity contribution is 6.25. The molecular formula is C48H55N11O6. The van der Waals surface area contributed by atoms with Gasteiger partial charge in [0.05, 0.1) is 29.1 Å². The fraction of sp³-hybridized carbons (Fsp3) is 0.417. The molecule has 5 N–H and O–H groups in total. The second kappa shape index (κ2) is 19.6. The van der Waals surface area contributed by atoms with E-state index in [0.717, 1.165) is 123 Å². The third-order valence-electron chi connectivity index (χ3n) is 13.2. The molecule has 338 valence electrons. The minimum absolute atomic E-state index is 0.0455. The maximum absolute atomic E-state index is 13.3. The zero-order valence-electron chi connectivity index (χ0n) is 36.4. The highest BCUT2D eigenvalue weighted by atomic mass is 16.5. The topological polar surface area (TPSA) is 210 Å². The molecule has 3 aliphatic heterocycles. The van der Waals surface area contributed by atoms with E-state index in [4.69, 9.17) is 15.6 Å². The Hall–Kier alpha value is -6.72. The lowest BCUT2D eigenvalue weighted by Crippen LogP contribution is -2.54. The van der Waals surface area contributed by atoms with Crippen molar-refractivity contribution in [3.8, 4) is 22.8 Å². The van der Waals surface area contributed by atoms with Gasteiger partial charge in [0.2, 0.25) is 17.7 Å². The van der Waals surface area contributed by atoms with Crippen LogP contribution in [0.4, 0.5) is 11.5 Å². The molecule has 3 fully saturated rings. The molecule has 5 amide bonds. The number of benzene rings is 3. The van der Waals surface area contributed by atoms with E-state index in [2.05, 4.69) is 40.4 Å². The Morgan fingerprint density at radius 1 is 0.785 bits per heavy atom. The number of unbranched alkanes of at least 4 members (excludes halogenated alkanes) is 3. The van der Waals surface area contributed by atoms with Gasteiger partial charge in [0.15, 0.2) is 5.65 Å². The molecule has 5 aromatic rings. The Kier molecular flexibility index (Phi) is 13.1. The molecule has 1 saturated carbocycles. The summed E-state index contributed by atoms with van der Waals surface area (Å²) in [5.74, 6) is -0.553. The first-order valence-electron chi connectivity index (χ1n) is 22.9. The first-order valence-corrected chi connectivity index (χ1v) is 22.9. The molecule has 17 nitrogen and oxygen atoms in total. The number of para-hydroxylation sites is 1. The molecule has 4 aliphatic rings. The second-order valence-electron chi connectivity index (χ2n) is 17.3. The van der Waals surface area contributed by atoms with Crippen LogP contribution >= 0.6 is 0 Å². The number of amides is 5. The van der Waals surface area contributed by atoms with Crippen molar-refractivity contribution >= 4 is 52.1 Å². The first kappa shape index (κ1) is 43.5. The van der Waals surface area contributed by atoms with Crippen molar-refractivity contribution in [1.82, 2.24) is 45.1 Å². The van der Waals surface area contributed by atoms with Gasteiger partial charge in [0, 0.05) is 56.4 Å². The summed E-state index contributed by atoms with van der Waals surface area (Å²) in [5.41, 5.74) is 9.60. The van der Waals surface area contributed by atoms with Crippen molar-refractivity contribution in [3.05, 3.63) is 90.3 Å². The molecule has 17 heteroatoms. The number of piperidine rings is 1. The number of piperazine rings is 1. The summed E-state index contributed by atoms with van der Waals surface area (Å²) in [6.07, 6.45) is 10.0. The van der Waals surface area contributed by atoms with Gasteiger partial charge in [-0.15, -0.1) is 0 Å². The van der Waals surface area contributed by atoms with E-state index in [1.807, 2.05) is 54.6 Å². The van der Waals surface area contributed by atoms with Gasteiger partial charge in [0.25, 0.3) is 11.8 Å². The van der Waals surface area contributed by atoms with Crippen LogP contribution in [0.5, 0.6) is 11.5 Å². The molecule has 3 aromatic carbocycles. The van der Waals surface area contributed by atoms with Crippen LogP contribution < -0.4 is 26.4 Å². The average molecular weight is 882 g/mol. The van der Waals surface area contributed by atoms with Crippen molar-refractivity contribution in [2.45, 2.75) is 82.3 Å². The molecule has 2 saturated heterocycles. The number of hydrogen-bond donors (Lipinski definition) is 4. The van der Waals surface area contributed by atoms with Crippen LogP contribution in [0.2, 0.25) is 0 Å². The van der Waals surface area contributed by atoms with Crippen LogP contribution in [0.15, 0.2) is 79.1 Å². The van der Waals surface area contributed by atoms with Crippen molar-refractivity contribution in [2.75, 3.05) is 56.9 Å². The minimum Gasteiger partial charge on any atom is -0.457 e. The fourth-order valence-electron chi connectivity index (χ4n) is 9.72. The second-order valence-corrected chi connectivity index (χ2v) is 17.3. The summed E-state index contributed by atoms with van der Waals surface area (Å²) in [4.78, 5) is 78.3. The molecule has 0 radical (unpaired) electrons. The predicted molar refractivity (Wildman–Crippen MR) is 244 cm³/mol. The number of anilines is 2. The van der Waals surface area contributed by atoms with Crippen molar-refractivity contribution in [2.24, 2.45) is 0 Å². The normalized spacial score (nSPS) is 20.5.